The van der Waals surface area contributed by atoms with Gasteiger partial charge in [-0.3, -0.25) is 0 Å². The number of carbonyl (C=O) groups is 1. The summed E-state index contributed by atoms with van der Waals surface area (Å²) in [6, 6.07) is 4.02. The van der Waals surface area contributed by atoms with Gasteiger partial charge in [-0.15, -0.1) is 0 Å². The maximum Gasteiger partial charge on any atom is 0.329 e. The van der Waals surface area contributed by atoms with E-state index in [1.54, 1.807) is 7.11 Å². The molecule has 4 nitrogen and oxygen atoms in total. The molecule has 0 saturated carbocycles. The van der Waals surface area contributed by atoms with Crippen LogP contribution in [0.1, 0.15) is 49.5 Å². The topological polar surface area (TPSA) is 55.8 Å². The third-order valence-electron chi connectivity index (χ3n) is 3.14. The molecule has 1 aromatic carbocycles. The van der Waals surface area contributed by atoms with Gasteiger partial charge in [-0.05, 0) is 48.6 Å². The fourth-order valence-corrected chi connectivity index (χ4v) is 2.07. The molecule has 1 rings (SSSR count). The Morgan fingerprint density at radius 3 is 2.37 bits per heavy atom. The standard InChI is InChI=1S/C15H22O4/c1-9(2)12-7-13(10(3)6-14(12)18-5)11(4)19-8-15(16)17/h6-7,9,11H,8H2,1-5H3,(H,16,17). The van der Waals surface area contributed by atoms with E-state index in [2.05, 4.69) is 13.8 Å². The average Bonchev–Trinajstić information content (AvgIpc) is 2.34. The largest absolute Gasteiger partial charge is 0.496 e. The predicted octanol–water partition coefficient (Wildman–Crippen LogP) is 3.29. The molecule has 1 atom stereocenters. The average molecular weight is 266 g/mol. The second kappa shape index (κ2) is 6.57. The lowest BCUT2D eigenvalue weighted by molar-refractivity contribution is -0.144. The zero-order valence-corrected chi connectivity index (χ0v) is 12.2. The molecule has 0 aliphatic heterocycles. The number of ether oxygens (including phenoxy) is 2. The van der Waals surface area contributed by atoms with Gasteiger partial charge >= 0.3 is 5.97 Å². The van der Waals surface area contributed by atoms with Crippen molar-refractivity contribution in [2.24, 2.45) is 0 Å². The van der Waals surface area contributed by atoms with Gasteiger partial charge in [0.2, 0.25) is 0 Å². The third-order valence-corrected chi connectivity index (χ3v) is 3.14. The quantitative estimate of drug-likeness (QED) is 0.858. The minimum Gasteiger partial charge on any atom is -0.496 e. The fraction of sp³-hybridized carbons (Fsp3) is 0.533. The van der Waals surface area contributed by atoms with Crippen LogP contribution in [0.2, 0.25) is 0 Å². The van der Waals surface area contributed by atoms with Crippen molar-refractivity contribution in [3.05, 3.63) is 28.8 Å². The van der Waals surface area contributed by atoms with Crippen molar-refractivity contribution < 1.29 is 19.4 Å². The van der Waals surface area contributed by atoms with Crippen LogP contribution in [0.3, 0.4) is 0 Å². The number of hydrogen-bond acceptors (Lipinski definition) is 3. The van der Waals surface area contributed by atoms with Crippen molar-refractivity contribution >= 4 is 5.97 Å². The van der Waals surface area contributed by atoms with Crippen molar-refractivity contribution in [2.75, 3.05) is 13.7 Å². The van der Waals surface area contributed by atoms with Crippen LogP contribution in [0.4, 0.5) is 0 Å². The number of rotatable bonds is 6. The van der Waals surface area contributed by atoms with Crippen LogP contribution in [-0.4, -0.2) is 24.8 Å². The molecule has 0 aromatic heterocycles. The number of carboxylic acid groups (broad SMARTS) is 1. The molecule has 4 heteroatoms. The smallest absolute Gasteiger partial charge is 0.329 e. The van der Waals surface area contributed by atoms with Gasteiger partial charge in [0.25, 0.3) is 0 Å². The van der Waals surface area contributed by atoms with E-state index < -0.39 is 5.97 Å². The molecule has 0 aliphatic rings. The minimum absolute atomic E-state index is 0.250. The summed E-state index contributed by atoms with van der Waals surface area (Å²) in [5.74, 6) is 0.241. The van der Waals surface area contributed by atoms with Gasteiger partial charge in [0.1, 0.15) is 12.4 Å². The van der Waals surface area contributed by atoms with Crippen molar-refractivity contribution in [1.82, 2.24) is 0 Å². The molecule has 0 bridgehead atoms. The number of aliphatic carboxylic acids is 1. The number of methoxy groups -OCH3 is 1. The minimum atomic E-state index is -0.956. The Hall–Kier alpha value is -1.55. The molecule has 106 valence electrons. The first-order chi connectivity index (χ1) is 8.86. The first-order valence-electron chi connectivity index (χ1n) is 6.38. The SMILES string of the molecule is COc1cc(C)c(C(C)OCC(=O)O)cc1C(C)C. The van der Waals surface area contributed by atoms with E-state index in [9.17, 15) is 4.79 Å². The number of benzene rings is 1. The van der Waals surface area contributed by atoms with E-state index in [4.69, 9.17) is 14.6 Å². The molecule has 0 spiro atoms. The van der Waals surface area contributed by atoms with E-state index in [-0.39, 0.29) is 12.7 Å². The van der Waals surface area contributed by atoms with E-state index in [1.807, 2.05) is 26.0 Å². The fourth-order valence-electron chi connectivity index (χ4n) is 2.07. The lowest BCUT2D eigenvalue weighted by Crippen LogP contribution is -2.11. The van der Waals surface area contributed by atoms with Gasteiger partial charge in [0, 0.05) is 0 Å². The highest BCUT2D eigenvalue weighted by Gasteiger charge is 2.16. The van der Waals surface area contributed by atoms with Crippen molar-refractivity contribution in [2.45, 2.75) is 39.7 Å². The summed E-state index contributed by atoms with van der Waals surface area (Å²) >= 11 is 0. The molecule has 1 N–H and O–H groups in total. The summed E-state index contributed by atoms with van der Waals surface area (Å²) in [4.78, 5) is 10.6. The second-order valence-corrected chi connectivity index (χ2v) is 4.95. The molecule has 0 heterocycles. The van der Waals surface area contributed by atoms with E-state index >= 15 is 0 Å². The summed E-state index contributed by atoms with van der Waals surface area (Å²) < 4.78 is 10.7. The molecule has 0 aliphatic carbocycles. The molecular formula is C15H22O4. The van der Waals surface area contributed by atoms with Crippen LogP contribution >= 0.6 is 0 Å². The highest BCUT2D eigenvalue weighted by Crippen LogP contribution is 2.32. The number of hydrogen-bond donors (Lipinski definition) is 1. The Morgan fingerprint density at radius 1 is 1.26 bits per heavy atom. The Morgan fingerprint density at radius 2 is 1.89 bits per heavy atom. The van der Waals surface area contributed by atoms with E-state index in [0.29, 0.717) is 5.92 Å². The van der Waals surface area contributed by atoms with Gasteiger partial charge in [-0.25, -0.2) is 4.79 Å². The Kier molecular flexibility index (Phi) is 5.36. The van der Waals surface area contributed by atoms with Gasteiger partial charge in [0.05, 0.1) is 13.2 Å². The monoisotopic (exact) mass is 266 g/mol. The zero-order valence-electron chi connectivity index (χ0n) is 12.2. The van der Waals surface area contributed by atoms with Crippen molar-refractivity contribution in [1.29, 1.82) is 0 Å². The van der Waals surface area contributed by atoms with Gasteiger partial charge in [-0.2, -0.15) is 0 Å². The lowest BCUT2D eigenvalue weighted by atomic mass is 9.94. The molecule has 0 fully saturated rings. The first-order valence-corrected chi connectivity index (χ1v) is 6.38. The van der Waals surface area contributed by atoms with Gasteiger partial charge < -0.3 is 14.6 Å². The van der Waals surface area contributed by atoms with Gasteiger partial charge in [-0.1, -0.05) is 13.8 Å². The summed E-state index contributed by atoms with van der Waals surface area (Å²) in [5.41, 5.74) is 3.15. The highest BCUT2D eigenvalue weighted by atomic mass is 16.5. The highest BCUT2D eigenvalue weighted by molar-refractivity contribution is 5.68. The normalized spacial score (nSPS) is 12.5. The molecule has 0 saturated heterocycles. The van der Waals surface area contributed by atoms with Crippen LogP contribution in [0.5, 0.6) is 5.75 Å². The second-order valence-electron chi connectivity index (χ2n) is 4.95. The van der Waals surface area contributed by atoms with Crippen LogP contribution < -0.4 is 4.74 Å². The van der Waals surface area contributed by atoms with Crippen LogP contribution in [0.25, 0.3) is 0 Å². The summed E-state index contributed by atoms with van der Waals surface area (Å²) in [5, 5.41) is 8.66. The van der Waals surface area contributed by atoms with Crippen molar-refractivity contribution in [3.63, 3.8) is 0 Å². The third kappa shape index (κ3) is 3.96. The van der Waals surface area contributed by atoms with E-state index in [0.717, 1.165) is 22.4 Å². The Bertz CT molecular complexity index is 452. The maximum atomic E-state index is 10.6. The molecule has 1 aromatic rings. The Labute approximate surface area is 114 Å². The molecule has 0 amide bonds. The maximum absolute atomic E-state index is 10.6. The Balaban J connectivity index is 3.06. The summed E-state index contributed by atoms with van der Waals surface area (Å²) in [6.45, 7) is 7.74. The molecule has 19 heavy (non-hydrogen) atoms. The van der Waals surface area contributed by atoms with Crippen LogP contribution in [0, 0.1) is 6.92 Å². The summed E-state index contributed by atoms with van der Waals surface area (Å²) in [6.07, 6.45) is -0.250. The van der Waals surface area contributed by atoms with E-state index in [1.165, 1.54) is 0 Å². The van der Waals surface area contributed by atoms with Crippen LogP contribution in [0.15, 0.2) is 12.1 Å². The number of carboxylic acids is 1. The summed E-state index contributed by atoms with van der Waals surface area (Å²) in [7, 11) is 1.66. The van der Waals surface area contributed by atoms with Gasteiger partial charge in [0.15, 0.2) is 0 Å². The zero-order chi connectivity index (χ0) is 14.6. The van der Waals surface area contributed by atoms with Crippen LogP contribution in [-0.2, 0) is 9.53 Å². The molecule has 0 radical (unpaired) electrons. The molecule has 1 unspecified atom stereocenters. The molecular weight excluding hydrogens is 244 g/mol. The predicted molar refractivity (Wildman–Crippen MR) is 73.8 cm³/mol. The number of aryl methyl sites for hydroxylation is 1. The first kappa shape index (κ1) is 15.5. The van der Waals surface area contributed by atoms with Crippen molar-refractivity contribution in [3.8, 4) is 5.75 Å². The lowest BCUT2D eigenvalue weighted by Gasteiger charge is -2.20.